The lowest BCUT2D eigenvalue weighted by atomic mass is 9.71. The second kappa shape index (κ2) is 25.2. The summed E-state index contributed by atoms with van der Waals surface area (Å²) in [6.07, 6.45) is 9.62. The average molecular weight is 597 g/mol. The number of rotatable bonds is 8. The molecule has 2 aromatic rings. The number of aryl methyl sites for hydroxylation is 1. The van der Waals surface area contributed by atoms with E-state index >= 15 is 0 Å². The third-order valence-electron chi connectivity index (χ3n) is 7.00. The fraction of sp³-hybridized carbons (Fsp3) is 0.556. The molecular weight excluding hydrogens is 536 g/mol. The number of carbonyl (C=O) groups is 3. The molecule has 2 aromatic carbocycles. The highest BCUT2D eigenvalue weighted by Gasteiger charge is 2.41. The topological polar surface area (TPSA) is 130 Å². The molecule has 0 unspecified atom stereocenters. The number of amides is 3. The van der Waals surface area contributed by atoms with Crippen molar-refractivity contribution in [3.05, 3.63) is 71.3 Å². The largest absolute Gasteiger partial charge is 0.369 e. The Hall–Kier alpha value is -3.32. The van der Waals surface area contributed by atoms with E-state index in [0.29, 0.717) is 6.54 Å². The summed E-state index contributed by atoms with van der Waals surface area (Å²) in [5.41, 5.74) is 12.5. The van der Waals surface area contributed by atoms with Crippen LogP contribution in [0.2, 0.25) is 0 Å². The van der Waals surface area contributed by atoms with Gasteiger partial charge in [-0.3, -0.25) is 19.3 Å². The Labute approximate surface area is 262 Å². The van der Waals surface area contributed by atoms with Gasteiger partial charge in [0.1, 0.15) is 0 Å². The number of carbonyl (C=O) groups excluding carboxylic acids is 3. The summed E-state index contributed by atoms with van der Waals surface area (Å²) >= 11 is 0. The number of nitrogens with two attached hydrogens (primary N) is 2. The van der Waals surface area contributed by atoms with E-state index in [4.69, 9.17) is 16.9 Å². The zero-order valence-corrected chi connectivity index (χ0v) is 28.2. The molecule has 1 saturated carbocycles. The molecule has 3 rings (SSSR count). The summed E-state index contributed by atoms with van der Waals surface area (Å²) in [6, 6.07) is 18.0. The molecule has 0 bridgehead atoms. The number of hydrogen-bond acceptors (Lipinski definition) is 5. The second-order valence-electron chi connectivity index (χ2n) is 10.7. The maximum absolute atomic E-state index is 13.1. The van der Waals surface area contributed by atoms with E-state index in [9.17, 15) is 14.4 Å². The van der Waals surface area contributed by atoms with Crippen LogP contribution < -0.4 is 11.5 Å². The zero-order chi connectivity index (χ0) is 33.3. The van der Waals surface area contributed by atoms with Crippen LogP contribution in [0.15, 0.2) is 54.6 Å². The smallest absolute Gasteiger partial charge is 0.235 e. The maximum atomic E-state index is 13.1. The summed E-state index contributed by atoms with van der Waals surface area (Å²) in [5.74, 6) is -0.451. The predicted octanol–water partition coefficient (Wildman–Crippen LogP) is 7.68. The van der Waals surface area contributed by atoms with Crippen molar-refractivity contribution in [2.75, 3.05) is 6.54 Å². The van der Waals surface area contributed by atoms with E-state index in [1.165, 1.54) is 42.9 Å². The number of imide groups is 1. The first kappa shape index (κ1) is 41.8. The van der Waals surface area contributed by atoms with Gasteiger partial charge < -0.3 is 16.9 Å². The third-order valence-corrected chi connectivity index (χ3v) is 7.00. The Balaban J connectivity index is 0. The van der Waals surface area contributed by atoms with Gasteiger partial charge in [0.25, 0.3) is 0 Å². The number of nitrogens with zero attached hydrogens (tertiary/aromatic N) is 1. The van der Waals surface area contributed by atoms with Crippen molar-refractivity contribution < 1.29 is 14.4 Å². The first-order chi connectivity index (χ1) is 20.5. The Morgan fingerprint density at radius 3 is 1.77 bits per heavy atom. The first-order valence-electron chi connectivity index (χ1n) is 16.0. The Kier molecular flexibility index (Phi) is 24.5. The predicted molar refractivity (Wildman–Crippen MR) is 182 cm³/mol. The summed E-state index contributed by atoms with van der Waals surface area (Å²) in [5, 5.41) is 7.23. The minimum Gasteiger partial charge on any atom is -0.369 e. The van der Waals surface area contributed by atoms with Crippen LogP contribution >= 0.6 is 0 Å². The van der Waals surface area contributed by atoms with Crippen LogP contribution in [0, 0.1) is 16.7 Å². The highest BCUT2D eigenvalue weighted by atomic mass is 16.2. The number of benzene rings is 2. The highest BCUT2D eigenvalue weighted by Crippen LogP contribution is 2.41. The lowest BCUT2D eigenvalue weighted by molar-refractivity contribution is -0.153. The molecule has 0 radical (unpaired) electrons. The molecule has 7 heteroatoms. The van der Waals surface area contributed by atoms with E-state index in [0.717, 1.165) is 49.8 Å². The standard InChI is InChI=1S/C19H26N2O2.C9H12.C4H9NO.C2H7N.C2H6/c1-3-19(11-5-4-6-12-19)18(23)21(15(2)22)14-17-9-7-16(13-20)8-10-17;1-2-6-9-7-4-3-5-8-9;1-3(2)4(5)6;1-2-3;1-2/h7-10,13,20H,3-6,11-12,14H2,1-2H3;3-5,7-8H,2,6H2,1H3;3H,1-2H3,(H2,5,6);2-3H2,1H3;1-2H3. The monoisotopic (exact) mass is 596 g/mol. The zero-order valence-electron chi connectivity index (χ0n) is 28.2. The summed E-state index contributed by atoms with van der Waals surface area (Å²) < 4.78 is 0. The maximum Gasteiger partial charge on any atom is 0.235 e. The first-order valence-corrected chi connectivity index (χ1v) is 16.0. The molecule has 3 amide bonds. The van der Waals surface area contributed by atoms with Gasteiger partial charge in [-0.15, -0.1) is 0 Å². The molecule has 5 N–H and O–H groups in total. The van der Waals surface area contributed by atoms with Gasteiger partial charge in [0.2, 0.25) is 17.7 Å². The van der Waals surface area contributed by atoms with Crippen molar-refractivity contribution in [2.45, 2.75) is 113 Å². The Morgan fingerprint density at radius 2 is 1.40 bits per heavy atom. The molecule has 0 aromatic heterocycles. The molecule has 1 aliphatic rings. The molecule has 0 spiro atoms. The molecular formula is C36H60N4O3. The van der Waals surface area contributed by atoms with Crippen LogP contribution in [-0.2, 0) is 27.3 Å². The normalized spacial score (nSPS) is 12.7. The summed E-state index contributed by atoms with van der Waals surface area (Å²) in [4.78, 5) is 36.5. The Morgan fingerprint density at radius 1 is 0.907 bits per heavy atom. The van der Waals surface area contributed by atoms with Crippen molar-refractivity contribution in [1.82, 2.24) is 4.90 Å². The molecule has 7 nitrogen and oxygen atoms in total. The van der Waals surface area contributed by atoms with Gasteiger partial charge in [0, 0.05) is 24.5 Å². The molecule has 0 aliphatic heterocycles. The van der Waals surface area contributed by atoms with Crippen molar-refractivity contribution in [2.24, 2.45) is 22.8 Å². The van der Waals surface area contributed by atoms with Gasteiger partial charge in [-0.05, 0) is 48.9 Å². The number of nitrogens with one attached hydrogen (secondary N) is 1. The van der Waals surface area contributed by atoms with Gasteiger partial charge in [0.15, 0.2) is 0 Å². The van der Waals surface area contributed by atoms with Gasteiger partial charge in [0.05, 0.1) is 6.54 Å². The third kappa shape index (κ3) is 17.4. The van der Waals surface area contributed by atoms with Crippen LogP contribution in [0.4, 0.5) is 0 Å². The fourth-order valence-corrected chi connectivity index (χ4v) is 4.39. The SMILES string of the molecule is CC.CC(C)C(N)=O.CCC1(C(=O)N(Cc2ccc(C=N)cc2)C(C)=O)CCCCC1.CCCc1ccccc1.CCN. The molecule has 0 saturated heterocycles. The highest BCUT2D eigenvalue weighted by molar-refractivity contribution is 5.97. The minimum absolute atomic E-state index is 0.00926. The molecule has 43 heavy (non-hydrogen) atoms. The number of hydrogen-bond donors (Lipinski definition) is 3. The van der Waals surface area contributed by atoms with E-state index in [2.05, 4.69) is 44.2 Å². The molecule has 0 heterocycles. The average Bonchev–Trinajstić information content (AvgIpc) is 3.02. The molecule has 0 atom stereocenters. The van der Waals surface area contributed by atoms with E-state index in [1.807, 2.05) is 45.0 Å². The van der Waals surface area contributed by atoms with Gasteiger partial charge in [-0.1, -0.05) is 129 Å². The van der Waals surface area contributed by atoms with Crippen molar-refractivity contribution in [3.63, 3.8) is 0 Å². The van der Waals surface area contributed by atoms with Gasteiger partial charge in [-0.2, -0.15) is 0 Å². The van der Waals surface area contributed by atoms with Crippen LogP contribution in [0.1, 0.15) is 117 Å². The molecule has 1 fully saturated rings. The van der Waals surface area contributed by atoms with Crippen molar-refractivity contribution in [1.29, 1.82) is 5.41 Å². The lowest BCUT2D eigenvalue weighted by Crippen LogP contribution is -2.46. The van der Waals surface area contributed by atoms with Crippen LogP contribution in [0.3, 0.4) is 0 Å². The van der Waals surface area contributed by atoms with Crippen LogP contribution in [-0.4, -0.2) is 35.4 Å². The molecule has 242 valence electrons. The van der Waals surface area contributed by atoms with E-state index < -0.39 is 0 Å². The van der Waals surface area contributed by atoms with E-state index in [-0.39, 0.29) is 29.1 Å². The fourth-order valence-electron chi connectivity index (χ4n) is 4.39. The van der Waals surface area contributed by atoms with Crippen molar-refractivity contribution >= 4 is 23.9 Å². The summed E-state index contributed by atoms with van der Waals surface area (Å²) in [7, 11) is 0. The van der Waals surface area contributed by atoms with Crippen LogP contribution in [0.5, 0.6) is 0 Å². The summed E-state index contributed by atoms with van der Waals surface area (Å²) in [6.45, 7) is 16.2. The van der Waals surface area contributed by atoms with Crippen molar-refractivity contribution in [3.8, 4) is 0 Å². The van der Waals surface area contributed by atoms with E-state index in [1.54, 1.807) is 13.8 Å². The quantitative estimate of drug-likeness (QED) is 0.270. The van der Waals surface area contributed by atoms with Crippen LogP contribution in [0.25, 0.3) is 0 Å². The minimum atomic E-state index is -0.362. The van der Waals surface area contributed by atoms with Gasteiger partial charge in [-0.25, -0.2) is 0 Å². The number of primary amides is 1. The van der Waals surface area contributed by atoms with Gasteiger partial charge >= 0.3 is 0 Å². The Bertz CT molecular complexity index is 1010. The molecule has 1 aliphatic carbocycles. The lowest BCUT2D eigenvalue weighted by Gasteiger charge is -2.38. The second-order valence-corrected chi connectivity index (χ2v) is 10.7.